The number of hydrogen-bond acceptors (Lipinski definition) is 15. The van der Waals surface area contributed by atoms with Gasteiger partial charge in [0.15, 0.2) is 24.0 Å². The molecule has 0 saturated carbocycles. The van der Waals surface area contributed by atoms with Crippen LogP contribution in [-0.2, 0) is 42.8 Å². The van der Waals surface area contributed by atoms with Gasteiger partial charge in [-0.3, -0.25) is 24.0 Å². The average molecular weight is 1180 g/mol. The summed E-state index contributed by atoms with van der Waals surface area (Å²) in [5.74, 6) is -0.181. The third-order valence-corrected chi connectivity index (χ3v) is 15.2. The molecule has 15 nitrogen and oxygen atoms in total. The minimum absolute atomic E-state index is 0.0557. The minimum atomic E-state index is -1.24. The first-order chi connectivity index (χ1) is 41.1. The summed E-state index contributed by atoms with van der Waals surface area (Å²) in [6, 6.07) is 46.9. The largest absolute Gasteiger partial charge is 0.486 e. The van der Waals surface area contributed by atoms with E-state index < -0.39 is 46.5 Å². The van der Waals surface area contributed by atoms with Crippen LogP contribution in [-0.4, -0.2) is 123 Å². The summed E-state index contributed by atoms with van der Waals surface area (Å²) in [7, 11) is 0. The predicted molar refractivity (Wildman–Crippen MR) is 328 cm³/mol. The van der Waals surface area contributed by atoms with E-state index in [1.165, 1.54) is 0 Å². The molecule has 6 unspecified atom stereocenters. The van der Waals surface area contributed by atoms with Gasteiger partial charge in [-0.25, -0.2) is 4.79 Å². The molecule has 86 heavy (non-hydrogen) atoms. The molecule has 0 heterocycles. The van der Waals surface area contributed by atoms with Crippen molar-refractivity contribution in [2.75, 3.05) is 52.9 Å². The Hall–Kier alpha value is -7.66. The van der Waals surface area contributed by atoms with Crippen molar-refractivity contribution in [3.63, 3.8) is 0 Å². The molecule has 0 bridgehead atoms. The van der Waals surface area contributed by atoms with Gasteiger partial charge in [-0.15, -0.1) is 0 Å². The Morgan fingerprint density at radius 1 is 0.407 bits per heavy atom. The molecule has 0 aliphatic heterocycles. The monoisotopic (exact) mass is 1180 g/mol. The van der Waals surface area contributed by atoms with Gasteiger partial charge in [0.2, 0.25) is 11.6 Å². The zero-order chi connectivity index (χ0) is 62.3. The maximum absolute atomic E-state index is 13.8. The lowest BCUT2D eigenvalue weighted by atomic mass is 9.86. The quantitative estimate of drug-likeness (QED) is 0.0263. The fourth-order valence-electron chi connectivity index (χ4n) is 9.42. The molecule has 6 aromatic rings. The Morgan fingerprint density at radius 2 is 0.791 bits per heavy atom. The summed E-state index contributed by atoms with van der Waals surface area (Å²) in [5.41, 5.74) is -0.632. The second-order valence-corrected chi connectivity index (χ2v) is 22.8. The molecule has 0 amide bonds. The number of carbonyl (C=O) groups is 6. The van der Waals surface area contributed by atoms with Crippen LogP contribution in [0.1, 0.15) is 143 Å². The Morgan fingerprint density at radius 3 is 1.19 bits per heavy atom. The Balaban J connectivity index is 1.04. The highest BCUT2D eigenvalue weighted by atomic mass is 16.6. The van der Waals surface area contributed by atoms with E-state index in [2.05, 4.69) is 0 Å². The van der Waals surface area contributed by atoms with Crippen LogP contribution < -0.4 is 14.2 Å². The van der Waals surface area contributed by atoms with Gasteiger partial charge >= 0.3 is 5.97 Å². The summed E-state index contributed by atoms with van der Waals surface area (Å²) < 4.78 is 55.6. The Bertz CT molecular complexity index is 3110. The van der Waals surface area contributed by atoms with Crippen LogP contribution in [0, 0.1) is 5.41 Å². The standard InChI is InChI=1S/C71H84O15/c1-11-69(9,41-50(4)86-70(10,12-2)63(73)45-81-60-37-31-57(32-38-60)66(76)54-25-19-15-20-26-54)83-49-71(13-3,47-78-42-51(5)84-64(74)46-82-61-39-33-58(34-40-61)67(77)55-27-21-16-22-28-55)48-79-43-52(6)85-68(7,8)62(72)44-80-59-35-29-56(30-36-59)65(75)53-23-17-14-18-24-53/h14-40,50-52H,11-13,41-49H2,1-10H3. The number of carbonyl (C=O) groups excluding carboxylic acids is 6. The van der Waals surface area contributed by atoms with E-state index in [0.717, 1.165) is 0 Å². The van der Waals surface area contributed by atoms with Crippen molar-refractivity contribution in [3.8, 4) is 17.2 Å². The van der Waals surface area contributed by atoms with E-state index in [9.17, 15) is 28.8 Å². The van der Waals surface area contributed by atoms with Crippen molar-refractivity contribution >= 4 is 34.9 Å². The van der Waals surface area contributed by atoms with Gasteiger partial charge in [0.05, 0.1) is 50.8 Å². The maximum Gasteiger partial charge on any atom is 0.344 e. The number of esters is 1. The Labute approximate surface area is 506 Å². The van der Waals surface area contributed by atoms with E-state index in [1.54, 1.807) is 149 Å². The van der Waals surface area contributed by atoms with Gasteiger partial charge in [-0.2, -0.15) is 0 Å². The number of rotatable bonds is 38. The lowest BCUT2D eigenvalue weighted by Crippen LogP contribution is -2.46. The van der Waals surface area contributed by atoms with E-state index in [-0.39, 0.29) is 81.8 Å². The average Bonchev–Trinajstić information content (AvgIpc) is 3.40. The summed E-state index contributed by atoms with van der Waals surface area (Å²) >= 11 is 0. The van der Waals surface area contributed by atoms with Crippen LogP contribution in [0.5, 0.6) is 17.2 Å². The lowest BCUT2D eigenvalue weighted by Gasteiger charge is -2.40. The predicted octanol–water partition coefficient (Wildman–Crippen LogP) is 12.7. The third kappa shape index (κ3) is 20.2. The third-order valence-electron chi connectivity index (χ3n) is 15.2. The lowest BCUT2D eigenvalue weighted by molar-refractivity contribution is -0.170. The van der Waals surface area contributed by atoms with Gasteiger partial charge in [0, 0.05) is 45.2 Å². The van der Waals surface area contributed by atoms with Gasteiger partial charge in [-0.05, 0) is 141 Å². The molecule has 0 aliphatic rings. The molecule has 0 saturated heterocycles. The van der Waals surface area contributed by atoms with Crippen molar-refractivity contribution < 1.29 is 71.4 Å². The molecule has 0 aliphatic carbocycles. The molecule has 0 aromatic heterocycles. The van der Waals surface area contributed by atoms with Crippen molar-refractivity contribution in [2.24, 2.45) is 5.41 Å². The summed E-state index contributed by atoms with van der Waals surface area (Å²) in [5, 5.41) is 0. The van der Waals surface area contributed by atoms with Gasteiger partial charge in [-0.1, -0.05) is 112 Å². The van der Waals surface area contributed by atoms with Crippen LogP contribution in [0.15, 0.2) is 164 Å². The number of hydrogen-bond donors (Lipinski definition) is 0. The zero-order valence-electron chi connectivity index (χ0n) is 51.4. The number of benzene rings is 6. The van der Waals surface area contributed by atoms with Crippen molar-refractivity contribution in [1.82, 2.24) is 0 Å². The molecule has 15 heteroatoms. The first kappa shape index (κ1) is 67.5. The fourth-order valence-corrected chi connectivity index (χ4v) is 9.42. The van der Waals surface area contributed by atoms with E-state index in [1.807, 2.05) is 84.0 Å². The van der Waals surface area contributed by atoms with E-state index >= 15 is 0 Å². The van der Waals surface area contributed by atoms with Crippen molar-refractivity contribution in [3.05, 3.63) is 197 Å². The van der Waals surface area contributed by atoms with Crippen LogP contribution >= 0.6 is 0 Å². The molecular formula is C71H84O15. The minimum Gasteiger partial charge on any atom is -0.486 e. The van der Waals surface area contributed by atoms with Gasteiger partial charge in [0.25, 0.3) is 0 Å². The second kappa shape index (κ2) is 32.2. The first-order valence-electron chi connectivity index (χ1n) is 29.5. The van der Waals surface area contributed by atoms with Gasteiger partial charge in [0.1, 0.15) is 47.8 Å². The molecule has 0 spiro atoms. The summed E-state index contributed by atoms with van der Waals surface area (Å²) in [6.07, 6.45) is 0.396. The highest BCUT2D eigenvalue weighted by Crippen LogP contribution is 2.33. The number of Topliss-reactive ketones (excluding diaryl/α,β-unsaturated/α-hetero) is 2. The van der Waals surface area contributed by atoms with Crippen LogP contribution in [0.4, 0.5) is 0 Å². The van der Waals surface area contributed by atoms with Crippen LogP contribution in [0.25, 0.3) is 0 Å². The smallest absolute Gasteiger partial charge is 0.344 e. The SMILES string of the molecule is CCC(COCC(C)OC(=O)COc1ccc(C(=O)c2ccccc2)cc1)(COCC(C)OC(C)(C)C(=O)COc1ccc(C(=O)c2ccccc2)cc1)COC(C)(CC)CC(C)OC(C)(CC)C(=O)COc1ccc(C(=O)c2ccccc2)cc1. The van der Waals surface area contributed by atoms with Crippen molar-refractivity contribution in [2.45, 2.75) is 130 Å². The van der Waals surface area contributed by atoms with E-state index in [0.29, 0.717) is 76.3 Å². The van der Waals surface area contributed by atoms with Crippen LogP contribution in [0.2, 0.25) is 0 Å². The number of ketones is 5. The zero-order valence-corrected chi connectivity index (χ0v) is 51.4. The summed E-state index contributed by atoms with van der Waals surface area (Å²) in [4.78, 5) is 79.0. The van der Waals surface area contributed by atoms with E-state index in [4.69, 9.17) is 42.6 Å². The molecule has 6 atom stereocenters. The first-order valence-corrected chi connectivity index (χ1v) is 29.5. The summed E-state index contributed by atoms with van der Waals surface area (Å²) in [6.45, 7) is 18.4. The number of ether oxygens (including phenoxy) is 9. The molecule has 6 aromatic carbocycles. The molecule has 458 valence electrons. The highest BCUT2D eigenvalue weighted by molar-refractivity contribution is 6.10. The molecule has 0 fully saturated rings. The van der Waals surface area contributed by atoms with Crippen LogP contribution in [0.3, 0.4) is 0 Å². The maximum atomic E-state index is 13.8. The molecule has 0 radical (unpaired) electrons. The fraction of sp³-hybridized carbons (Fsp3) is 0.408. The molecular weight excluding hydrogens is 1090 g/mol. The highest BCUT2D eigenvalue weighted by Gasteiger charge is 2.39. The Kier molecular flexibility index (Phi) is 25.2. The van der Waals surface area contributed by atoms with Gasteiger partial charge < -0.3 is 42.6 Å². The van der Waals surface area contributed by atoms with Crippen molar-refractivity contribution in [1.29, 1.82) is 0 Å². The second-order valence-electron chi connectivity index (χ2n) is 22.8. The molecule has 6 rings (SSSR count). The topological polar surface area (TPSA) is 185 Å². The molecule has 0 N–H and O–H groups in total. The normalized spacial score (nSPS) is 14.7.